The summed E-state index contributed by atoms with van der Waals surface area (Å²) in [6.07, 6.45) is -2.10. The number of anilines is 1. The van der Waals surface area contributed by atoms with E-state index in [4.69, 9.17) is 32.0 Å². The highest BCUT2D eigenvalue weighted by molar-refractivity contribution is 6.33. The molecule has 39 heavy (non-hydrogen) atoms. The van der Waals surface area contributed by atoms with Crippen LogP contribution in [0, 0.1) is 5.41 Å². The van der Waals surface area contributed by atoms with Crippen LogP contribution < -0.4 is 16.0 Å². The molecule has 1 heterocycles. The topological polar surface area (TPSA) is 168 Å². The number of hydrogen-bond donors (Lipinski definition) is 7. The second-order valence-corrected chi connectivity index (χ2v) is 11.0. The van der Waals surface area contributed by atoms with Crippen molar-refractivity contribution in [3.8, 4) is 0 Å². The SMILES string of the molecule is CC(C)(C)CNC(=O)Cc1ccc(CNc2c(Cl)ccc3c2CCNCC3)cc1.O=C(O)C(O)C(O)C(=O)O. The Bertz CT molecular complexity index is 1120. The second kappa shape index (κ2) is 14.8. The molecule has 2 aromatic carbocycles. The zero-order valence-electron chi connectivity index (χ0n) is 22.5. The minimum absolute atomic E-state index is 0.0677. The van der Waals surface area contributed by atoms with E-state index in [-0.39, 0.29) is 11.3 Å². The number of carboxylic acid groups (broad SMARTS) is 2. The Morgan fingerprint density at radius 3 is 2.05 bits per heavy atom. The van der Waals surface area contributed by atoms with Gasteiger partial charge in [-0.2, -0.15) is 0 Å². The molecule has 2 aromatic rings. The summed E-state index contributed by atoms with van der Waals surface area (Å²) < 4.78 is 0. The van der Waals surface area contributed by atoms with Crippen LogP contribution in [0.15, 0.2) is 36.4 Å². The molecule has 11 heteroatoms. The number of aliphatic carboxylic acids is 2. The third kappa shape index (κ3) is 10.8. The molecule has 0 fully saturated rings. The number of carbonyl (C=O) groups excluding carboxylic acids is 1. The molecule has 1 aliphatic heterocycles. The Balaban J connectivity index is 0.000000455. The maximum Gasteiger partial charge on any atom is 0.335 e. The minimum Gasteiger partial charge on any atom is -0.479 e. The molecule has 0 aromatic heterocycles. The zero-order valence-corrected chi connectivity index (χ0v) is 23.2. The molecule has 0 spiro atoms. The standard InChI is InChI=1S/C24H32ClN3O.C4H6O6/c1-24(2,3)16-28-22(29)14-17-4-6-18(7-5-17)15-27-23-20-11-13-26-12-10-19(20)8-9-21(23)25;5-1(3(7)8)2(6)4(9)10/h4-9,26-27H,10-16H2,1-3H3,(H,28,29);1-2,5-6H,(H,7,8)(H,9,10). The fraction of sp³-hybridized carbons (Fsp3) is 0.464. The highest BCUT2D eigenvalue weighted by atomic mass is 35.5. The van der Waals surface area contributed by atoms with Gasteiger partial charge in [-0.05, 0) is 59.7 Å². The molecule has 1 amide bonds. The summed E-state index contributed by atoms with van der Waals surface area (Å²) in [4.78, 5) is 31.7. The number of amides is 1. The number of halogens is 1. The van der Waals surface area contributed by atoms with E-state index in [0.717, 1.165) is 42.2 Å². The fourth-order valence-corrected chi connectivity index (χ4v) is 4.03. The highest BCUT2D eigenvalue weighted by Gasteiger charge is 2.29. The first kappa shape index (κ1) is 32.0. The average Bonchev–Trinajstić information content (AvgIpc) is 3.12. The molecular formula is C28H38ClN3O7. The Morgan fingerprint density at radius 1 is 0.923 bits per heavy atom. The van der Waals surface area contributed by atoms with Gasteiger partial charge in [-0.25, -0.2) is 9.59 Å². The van der Waals surface area contributed by atoms with E-state index in [0.29, 0.717) is 19.5 Å². The van der Waals surface area contributed by atoms with Crippen molar-refractivity contribution in [1.29, 1.82) is 0 Å². The van der Waals surface area contributed by atoms with Gasteiger partial charge in [0.25, 0.3) is 0 Å². The smallest absolute Gasteiger partial charge is 0.335 e. The van der Waals surface area contributed by atoms with Crippen LogP contribution in [-0.2, 0) is 40.2 Å². The van der Waals surface area contributed by atoms with Crippen LogP contribution in [0.2, 0.25) is 5.02 Å². The normalized spacial score (nSPS) is 14.5. The van der Waals surface area contributed by atoms with Gasteiger partial charge in [-0.3, -0.25) is 4.79 Å². The lowest BCUT2D eigenvalue weighted by atomic mass is 9.97. The van der Waals surface area contributed by atoms with Crippen LogP contribution in [-0.4, -0.2) is 70.1 Å². The van der Waals surface area contributed by atoms with Crippen molar-refractivity contribution in [3.05, 3.63) is 63.7 Å². The molecule has 2 atom stereocenters. The fourth-order valence-electron chi connectivity index (χ4n) is 3.78. The maximum absolute atomic E-state index is 12.1. The molecule has 214 valence electrons. The lowest BCUT2D eigenvalue weighted by Crippen LogP contribution is -2.39. The van der Waals surface area contributed by atoms with Gasteiger partial charge in [0.2, 0.25) is 5.91 Å². The van der Waals surface area contributed by atoms with Gasteiger partial charge >= 0.3 is 11.9 Å². The molecular weight excluding hydrogens is 526 g/mol. The van der Waals surface area contributed by atoms with Crippen molar-refractivity contribution >= 4 is 35.1 Å². The van der Waals surface area contributed by atoms with Crippen LogP contribution >= 0.6 is 11.6 Å². The van der Waals surface area contributed by atoms with E-state index in [1.54, 1.807) is 0 Å². The summed E-state index contributed by atoms with van der Waals surface area (Å²) >= 11 is 6.50. The largest absolute Gasteiger partial charge is 0.479 e. The monoisotopic (exact) mass is 563 g/mol. The van der Waals surface area contributed by atoms with Crippen molar-refractivity contribution in [2.45, 2.75) is 58.8 Å². The quantitative estimate of drug-likeness (QED) is 0.242. The first-order chi connectivity index (χ1) is 18.3. The third-order valence-electron chi connectivity index (χ3n) is 5.96. The molecule has 10 nitrogen and oxygen atoms in total. The lowest BCUT2D eigenvalue weighted by molar-refractivity contribution is -0.165. The van der Waals surface area contributed by atoms with E-state index < -0.39 is 24.1 Å². The first-order valence-electron chi connectivity index (χ1n) is 12.7. The summed E-state index contributed by atoms with van der Waals surface area (Å²) in [5.41, 5.74) is 6.05. The Labute approximate surface area is 233 Å². The number of rotatable bonds is 9. The maximum atomic E-state index is 12.1. The highest BCUT2D eigenvalue weighted by Crippen LogP contribution is 2.31. The van der Waals surface area contributed by atoms with E-state index in [1.807, 2.05) is 18.2 Å². The molecule has 7 N–H and O–H groups in total. The molecule has 3 rings (SSSR count). The van der Waals surface area contributed by atoms with Gasteiger partial charge in [0.15, 0.2) is 12.2 Å². The predicted molar refractivity (Wildman–Crippen MR) is 149 cm³/mol. The second-order valence-electron chi connectivity index (χ2n) is 10.6. The van der Waals surface area contributed by atoms with Crippen LogP contribution in [0.25, 0.3) is 0 Å². The van der Waals surface area contributed by atoms with Crippen molar-refractivity contribution in [2.75, 3.05) is 25.0 Å². The number of nitrogens with one attached hydrogen (secondary N) is 3. The summed E-state index contributed by atoms with van der Waals surface area (Å²) in [7, 11) is 0. The summed E-state index contributed by atoms with van der Waals surface area (Å²) in [6, 6.07) is 12.4. The molecule has 1 aliphatic rings. The van der Waals surface area contributed by atoms with Crippen LogP contribution in [0.3, 0.4) is 0 Å². The Morgan fingerprint density at radius 2 is 1.49 bits per heavy atom. The van der Waals surface area contributed by atoms with Crippen molar-refractivity contribution in [2.24, 2.45) is 5.41 Å². The van der Waals surface area contributed by atoms with Crippen LogP contribution in [0.1, 0.15) is 43.0 Å². The van der Waals surface area contributed by atoms with Gasteiger partial charge in [0, 0.05) is 13.1 Å². The van der Waals surface area contributed by atoms with E-state index in [2.05, 4.69) is 54.9 Å². The van der Waals surface area contributed by atoms with Crippen molar-refractivity contribution in [1.82, 2.24) is 10.6 Å². The number of fused-ring (bicyclic) bond motifs is 1. The third-order valence-corrected chi connectivity index (χ3v) is 6.27. The Hall–Kier alpha value is -3.18. The lowest BCUT2D eigenvalue weighted by Gasteiger charge is -2.18. The van der Waals surface area contributed by atoms with Gasteiger partial charge < -0.3 is 36.4 Å². The molecule has 0 saturated carbocycles. The summed E-state index contributed by atoms with van der Waals surface area (Å²) in [5.74, 6) is -3.47. The van der Waals surface area contributed by atoms with Gasteiger partial charge in [-0.1, -0.05) is 62.7 Å². The number of hydrogen-bond acceptors (Lipinski definition) is 7. The van der Waals surface area contributed by atoms with Crippen LogP contribution in [0.5, 0.6) is 0 Å². The Kier molecular flexibility index (Phi) is 12.2. The molecule has 0 saturated heterocycles. The molecule has 0 aliphatic carbocycles. The minimum atomic E-state index is -2.27. The van der Waals surface area contributed by atoms with E-state index in [9.17, 15) is 14.4 Å². The molecule has 0 bridgehead atoms. The summed E-state index contributed by atoms with van der Waals surface area (Å²) in [5, 5.41) is 43.3. The number of aliphatic hydroxyl groups excluding tert-OH is 2. The first-order valence-corrected chi connectivity index (χ1v) is 13.1. The van der Waals surface area contributed by atoms with Gasteiger partial charge in [0.05, 0.1) is 17.1 Å². The average molecular weight is 564 g/mol. The molecule has 0 radical (unpaired) electrons. The van der Waals surface area contributed by atoms with Gasteiger partial charge in [-0.15, -0.1) is 0 Å². The number of aliphatic hydroxyl groups is 2. The summed E-state index contributed by atoms with van der Waals surface area (Å²) in [6.45, 7) is 9.73. The van der Waals surface area contributed by atoms with E-state index in [1.165, 1.54) is 16.7 Å². The number of benzene rings is 2. The predicted octanol–water partition coefficient (Wildman–Crippen LogP) is 2.22. The van der Waals surface area contributed by atoms with Crippen molar-refractivity contribution < 1.29 is 34.8 Å². The van der Waals surface area contributed by atoms with E-state index >= 15 is 0 Å². The van der Waals surface area contributed by atoms with Crippen LogP contribution in [0.4, 0.5) is 5.69 Å². The van der Waals surface area contributed by atoms with Crippen molar-refractivity contribution in [3.63, 3.8) is 0 Å². The van der Waals surface area contributed by atoms with Gasteiger partial charge in [0.1, 0.15) is 0 Å². The number of carbonyl (C=O) groups is 3. The number of carboxylic acids is 2. The zero-order chi connectivity index (χ0) is 29.2. The molecule has 2 unspecified atom stereocenters.